The van der Waals surface area contributed by atoms with Crippen LogP contribution in [0.4, 0.5) is 0 Å². The summed E-state index contributed by atoms with van der Waals surface area (Å²) in [4.78, 5) is 11.1. The van der Waals surface area contributed by atoms with Crippen molar-refractivity contribution >= 4 is 11.5 Å². The maximum Gasteiger partial charge on any atom is 0.308 e. The van der Waals surface area contributed by atoms with Crippen molar-refractivity contribution in [3.63, 3.8) is 0 Å². The number of esters is 1. The van der Waals surface area contributed by atoms with E-state index in [-0.39, 0.29) is 6.10 Å². The molecule has 2 aliphatic rings. The lowest BCUT2D eigenvalue weighted by atomic mass is 9.94. The van der Waals surface area contributed by atoms with Gasteiger partial charge in [0.1, 0.15) is 6.10 Å². The van der Waals surface area contributed by atoms with E-state index in [2.05, 4.69) is 6.58 Å². The maximum absolute atomic E-state index is 11.1. The molecule has 2 atom stereocenters. The van der Waals surface area contributed by atoms with Crippen molar-refractivity contribution in [2.75, 3.05) is 13.7 Å². The van der Waals surface area contributed by atoms with E-state index in [1.165, 1.54) is 14.0 Å². The van der Waals surface area contributed by atoms with E-state index in [0.717, 1.165) is 16.7 Å². The first kappa shape index (κ1) is 12.2. The van der Waals surface area contributed by atoms with Crippen molar-refractivity contribution in [1.29, 1.82) is 0 Å². The highest BCUT2D eigenvalue weighted by atomic mass is 16.7. The second kappa shape index (κ2) is 4.36. The summed E-state index contributed by atoms with van der Waals surface area (Å²) in [6.45, 7) is 5.87. The van der Waals surface area contributed by atoms with Crippen molar-refractivity contribution in [1.82, 2.24) is 0 Å². The average Bonchev–Trinajstić information content (AvgIpc) is 2.81. The summed E-state index contributed by atoms with van der Waals surface area (Å²) in [6, 6.07) is 3.53. The van der Waals surface area contributed by atoms with Crippen LogP contribution >= 0.6 is 0 Å². The monoisotopic (exact) mass is 262 g/mol. The van der Waals surface area contributed by atoms with Gasteiger partial charge in [0, 0.05) is 12.5 Å². The molecule has 2 unspecified atom stereocenters. The molecule has 0 aromatic heterocycles. The van der Waals surface area contributed by atoms with Crippen LogP contribution in [0.5, 0.6) is 11.5 Å². The Hall–Kier alpha value is -1.85. The molecule has 5 heteroatoms. The van der Waals surface area contributed by atoms with Crippen molar-refractivity contribution < 1.29 is 23.7 Å². The molecule has 2 bridgehead atoms. The van der Waals surface area contributed by atoms with Crippen LogP contribution in [-0.4, -0.2) is 25.8 Å². The van der Waals surface area contributed by atoms with Gasteiger partial charge >= 0.3 is 5.97 Å². The Kier molecular flexibility index (Phi) is 2.80. The van der Waals surface area contributed by atoms with Crippen LogP contribution in [0, 0.1) is 0 Å². The minimum atomic E-state index is -0.425. The SMILES string of the molecule is C=C1c2cc(OC)c(OC(C)=O)cc2C2OCC1O2. The number of hydrogen-bond acceptors (Lipinski definition) is 5. The Morgan fingerprint density at radius 2 is 2.21 bits per heavy atom. The second-order valence-corrected chi connectivity index (χ2v) is 4.50. The molecular formula is C14H14O5. The summed E-state index contributed by atoms with van der Waals surface area (Å²) in [5, 5.41) is 0. The van der Waals surface area contributed by atoms with Crippen LogP contribution in [0.15, 0.2) is 18.7 Å². The Bertz CT molecular complexity index is 563. The molecular weight excluding hydrogens is 248 g/mol. The first-order valence-corrected chi connectivity index (χ1v) is 5.96. The Morgan fingerprint density at radius 3 is 2.89 bits per heavy atom. The molecule has 2 heterocycles. The summed E-state index contributed by atoms with van der Waals surface area (Å²) in [7, 11) is 1.53. The number of carbonyl (C=O) groups excluding carboxylic acids is 1. The number of hydrogen-bond donors (Lipinski definition) is 0. The zero-order valence-electron chi connectivity index (χ0n) is 10.8. The summed E-state index contributed by atoms with van der Waals surface area (Å²) in [5.41, 5.74) is 2.61. The van der Waals surface area contributed by atoms with Gasteiger partial charge in [-0.2, -0.15) is 0 Å². The van der Waals surface area contributed by atoms with E-state index in [4.69, 9.17) is 18.9 Å². The predicted octanol–water partition coefficient (Wildman–Crippen LogP) is 2.06. The van der Waals surface area contributed by atoms with Gasteiger partial charge in [0.25, 0.3) is 0 Å². The normalized spacial score (nSPS) is 24.0. The zero-order chi connectivity index (χ0) is 13.6. The number of fused-ring (bicyclic) bond motifs is 4. The fraction of sp³-hybridized carbons (Fsp3) is 0.357. The highest BCUT2D eigenvalue weighted by Crippen LogP contribution is 2.46. The minimum absolute atomic E-state index is 0.109. The van der Waals surface area contributed by atoms with Crippen LogP contribution in [0.3, 0.4) is 0 Å². The molecule has 100 valence electrons. The van der Waals surface area contributed by atoms with Gasteiger partial charge in [0.05, 0.1) is 13.7 Å². The highest BCUT2D eigenvalue weighted by molar-refractivity contribution is 5.76. The van der Waals surface area contributed by atoms with Gasteiger partial charge in [0.15, 0.2) is 17.8 Å². The number of carbonyl (C=O) groups is 1. The first-order chi connectivity index (χ1) is 9.10. The van der Waals surface area contributed by atoms with E-state index in [0.29, 0.717) is 18.1 Å². The molecule has 0 N–H and O–H groups in total. The van der Waals surface area contributed by atoms with Gasteiger partial charge in [-0.1, -0.05) is 6.58 Å². The quantitative estimate of drug-likeness (QED) is 0.603. The van der Waals surface area contributed by atoms with Crippen LogP contribution < -0.4 is 9.47 Å². The molecule has 2 aliphatic heterocycles. The standard InChI is InChI=1S/C14H14O5/c1-7-9-4-11(16-3)12(18-8(2)15)5-10(9)14-17-6-13(7)19-14/h4-5,13-14H,1,6H2,2-3H3. The fourth-order valence-electron chi connectivity index (χ4n) is 2.36. The molecule has 19 heavy (non-hydrogen) atoms. The molecule has 0 spiro atoms. The van der Waals surface area contributed by atoms with Gasteiger partial charge in [-0.3, -0.25) is 4.79 Å². The molecule has 1 fully saturated rings. The van der Waals surface area contributed by atoms with Crippen LogP contribution in [0.25, 0.3) is 5.57 Å². The Balaban J connectivity index is 2.11. The minimum Gasteiger partial charge on any atom is -0.493 e. The molecule has 0 radical (unpaired) electrons. The number of benzene rings is 1. The number of rotatable bonds is 2. The smallest absolute Gasteiger partial charge is 0.308 e. The lowest BCUT2D eigenvalue weighted by molar-refractivity contribution is -0.132. The maximum atomic E-state index is 11.1. The van der Waals surface area contributed by atoms with Crippen LogP contribution in [0.1, 0.15) is 24.3 Å². The molecule has 3 rings (SSSR count). The summed E-state index contributed by atoms with van der Waals surface area (Å²) < 4.78 is 21.6. The molecule has 5 nitrogen and oxygen atoms in total. The Labute approximate surface area is 110 Å². The second-order valence-electron chi connectivity index (χ2n) is 4.50. The molecule has 1 aromatic carbocycles. The van der Waals surface area contributed by atoms with Gasteiger partial charge in [-0.15, -0.1) is 0 Å². The van der Waals surface area contributed by atoms with Gasteiger partial charge < -0.3 is 18.9 Å². The molecule has 1 aromatic rings. The van der Waals surface area contributed by atoms with Gasteiger partial charge in [-0.25, -0.2) is 0 Å². The average molecular weight is 262 g/mol. The van der Waals surface area contributed by atoms with E-state index < -0.39 is 12.3 Å². The molecule has 0 aliphatic carbocycles. The van der Waals surface area contributed by atoms with E-state index >= 15 is 0 Å². The lowest BCUT2D eigenvalue weighted by Gasteiger charge is -2.25. The molecule has 0 amide bonds. The largest absolute Gasteiger partial charge is 0.493 e. The van der Waals surface area contributed by atoms with E-state index in [1.807, 2.05) is 6.07 Å². The van der Waals surface area contributed by atoms with Gasteiger partial charge in [0.2, 0.25) is 0 Å². The third-order valence-corrected chi connectivity index (χ3v) is 3.26. The van der Waals surface area contributed by atoms with E-state index in [1.54, 1.807) is 6.07 Å². The third-order valence-electron chi connectivity index (χ3n) is 3.26. The van der Waals surface area contributed by atoms with Crippen molar-refractivity contribution in [3.05, 3.63) is 29.8 Å². The van der Waals surface area contributed by atoms with Crippen molar-refractivity contribution in [3.8, 4) is 11.5 Å². The third kappa shape index (κ3) is 1.91. The molecule has 1 saturated heterocycles. The number of methoxy groups -OCH3 is 1. The van der Waals surface area contributed by atoms with Crippen LogP contribution in [-0.2, 0) is 14.3 Å². The summed E-state index contributed by atoms with van der Waals surface area (Å²) in [6.07, 6.45) is -0.535. The Morgan fingerprint density at radius 1 is 1.42 bits per heavy atom. The van der Waals surface area contributed by atoms with Crippen molar-refractivity contribution in [2.24, 2.45) is 0 Å². The topological polar surface area (TPSA) is 54.0 Å². The zero-order valence-corrected chi connectivity index (χ0v) is 10.8. The number of ether oxygens (including phenoxy) is 4. The highest BCUT2D eigenvalue weighted by Gasteiger charge is 2.38. The lowest BCUT2D eigenvalue weighted by Crippen LogP contribution is -2.18. The predicted molar refractivity (Wildman–Crippen MR) is 66.9 cm³/mol. The van der Waals surface area contributed by atoms with Crippen LogP contribution in [0.2, 0.25) is 0 Å². The van der Waals surface area contributed by atoms with E-state index in [9.17, 15) is 4.79 Å². The summed E-state index contributed by atoms with van der Waals surface area (Å²) in [5.74, 6) is 0.453. The van der Waals surface area contributed by atoms with Crippen molar-refractivity contribution in [2.45, 2.75) is 19.3 Å². The summed E-state index contributed by atoms with van der Waals surface area (Å²) >= 11 is 0. The fourth-order valence-corrected chi connectivity index (χ4v) is 2.36. The van der Waals surface area contributed by atoms with Gasteiger partial charge in [-0.05, 0) is 23.3 Å². The first-order valence-electron chi connectivity index (χ1n) is 5.96. The molecule has 0 saturated carbocycles.